The van der Waals surface area contributed by atoms with Crippen molar-refractivity contribution in [2.75, 3.05) is 6.54 Å². The molecular weight excluding hydrogens is 150 g/mol. The van der Waals surface area contributed by atoms with E-state index in [9.17, 15) is 0 Å². The molecule has 1 atom stereocenters. The number of nitrogens with one attached hydrogen (secondary N) is 1. The van der Waals surface area contributed by atoms with Gasteiger partial charge in [-0.15, -0.1) is 0 Å². The quantitative estimate of drug-likeness (QED) is 0.727. The zero-order valence-electron chi connectivity index (χ0n) is 7.47. The topological polar surface area (TPSA) is 25.2 Å². The highest BCUT2D eigenvalue weighted by Crippen LogP contribution is 2.24. The summed E-state index contributed by atoms with van der Waals surface area (Å²) in [6.45, 7) is 3.25. The van der Waals surface area contributed by atoms with Crippen molar-refractivity contribution in [1.29, 1.82) is 0 Å². The Balaban J connectivity index is 2.11. The second kappa shape index (κ2) is 3.31. The first kappa shape index (κ1) is 7.87. The lowest BCUT2D eigenvalue weighted by molar-refractivity contribution is 0.420. The molecule has 1 saturated heterocycles. The first-order valence-electron chi connectivity index (χ1n) is 4.72. The van der Waals surface area contributed by atoms with Crippen molar-refractivity contribution in [2.45, 2.75) is 32.2 Å². The molecule has 0 saturated carbocycles. The lowest BCUT2D eigenvalue weighted by atomic mass is 10.2. The summed E-state index contributed by atoms with van der Waals surface area (Å²) in [5.41, 5.74) is 0. The molecule has 12 heavy (non-hydrogen) atoms. The van der Waals surface area contributed by atoms with Crippen molar-refractivity contribution in [3.63, 3.8) is 0 Å². The molecule has 0 unspecified atom stereocenters. The number of rotatable bonds is 2. The van der Waals surface area contributed by atoms with Crippen molar-refractivity contribution in [1.82, 2.24) is 5.32 Å². The largest absolute Gasteiger partial charge is 0.464 e. The molecule has 1 N–H and O–H groups in total. The zero-order valence-corrected chi connectivity index (χ0v) is 7.47. The van der Waals surface area contributed by atoms with Gasteiger partial charge in [0.1, 0.15) is 11.5 Å². The van der Waals surface area contributed by atoms with Crippen LogP contribution in [0.3, 0.4) is 0 Å². The van der Waals surface area contributed by atoms with Crippen LogP contribution in [-0.2, 0) is 6.42 Å². The van der Waals surface area contributed by atoms with Crippen LogP contribution in [0.25, 0.3) is 0 Å². The van der Waals surface area contributed by atoms with E-state index in [1.54, 1.807) is 0 Å². The molecule has 2 heteroatoms. The summed E-state index contributed by atoms with van der Waals surface area (Å²) in [5, 5.41) is 3.42. The van der Waals surface area contributed by atoms with Crippen LogP contribution in [0.2, 0.25) is 0 Å². The van der Waals surface area contributed by atoms with Gasteiger partial charge in [-0.25, -0.2) is 0 Å². The first-order valence-corrected chi connectivity index (χ1v) is 4.72. The molecule has 0 aliphatic carbocycles. The summed E-state index contributed by atoms with van der Waals surface area (Å²) >= 11 is 0. The fourth-order valence-corrected chi connectivity index (χ4v) is 1.70. The van der Waals surface area contributed by atoms with Gasteiger partial charge in [0.25, 0.3) is 0 Å². The minimum atomic E-state index is 0.477. The standard InChI is InChI=1S/C10H15NO/c1-2-8-5-6-10(12-8)9-4-3-7-11-9/h5-6,9,11H,2-4,7H2,1H3/t9-/m0/s1. The Morgan fingerprint density at radius 1 is 1.58 bits per heavy atom. The molecule has 0 radical (unpaired) electrons. The van der Waals surface area contributed by atoms with E-state index in [-0.39, 0.29) is 0 Å². The molecule has 1 aromatic rings. The second-order valence-corrected chi connectivity index (χ2v) is 3.31. The zero-order chi connectivity index (χ0) is 8.39. The van der Waals surface area contributed by atoms with E-state index in [0.717, 1.165) is 24.5 Å². The SMILES string of the molecule is CCc1ccc([C@@H]2CCCN2)o1. The van der Waals surface area contributed by atoms with Crippen LogP contribution in [0.15, 0.2) is 16.5 Å². The summed E-state index contributed by atoms with van der Waals surface area (Å²) in [4.78, 5) is 0. The Kier molecular flexibility index (Phi) is 2.17. The maximum atomic E-state index is 5.65. The van der Waals surface area contributed by atoms with Crippen molar-refractivity contribution in [2.24, 2.45) is 0 Å². The third kappa shape index (κ3) is 1.39. The second-order valence-electron chi connectivity index (χ2n) is 3.31. The first-order chi connectivity index (χ1) is 5.90. The van der Waals surface area contributed by atoms with E-state index in [0.29, 0.717) is 6.04 Å². The average Bonchev–Trinajstić information content (AvgIpc) is 2.75. The Labute approximate surface area is 73.0 Å². The van der Waals surface area contributed by atoms with Crippen molar-refractivity contribution < 1.29 is 4.42 Å². The minimum Gasteiger partial charge on any atom is -0.464 e. The predicted molar refractivity (Wildman–Crippen MR) is 48.1 cm³/mol. The molecule has 1 fully saturated rings. The summed E-state index contributed by atoms with van der Waals surface area (Å²) in [5.74, 6) is 2.21. The fraction of sp³-hybridized carbons (Fsp3) is 0.600. The Morgan fingerprint density at radius 2 is 2.50 bits per heavy atom. The monoisotopic (exact) mass is 165 g/mol. The van der Waals surface area contributed by atoms with E-state index in [2.05, 4.69) is 24.4 Å². The van der Waals surface area contributed by atoms with Gasteiger partial charge in [-0.2, -0.15) is 0 Å². The lowest BCUT2D eigenvalue weighted by Gasteiger charge is -2.04. The molecule has 0 bridgehead atoms. The summed E-state index contributed by atoms with van der Waals surface area (Å²) in [6.07, 6.45) is 3.48. The van der Waals surface area contributed by atoms with E-state index in [4.69, 9.17) is 4.42 Å². The molecule has 2 rings (SSSR count). The van der Waals surface area contributed by atoms with Gasteiger partial charge >= 0.3 is 0 Å². The van der Waals surface area contributed by atoms with Gasteiger partial charge < -0.3 is 9.73 Å². The predicted octanol–water partition coefficient (Wildman–Crippen LogP) is 2.27. The van der Waals surface area contributed by atoms with Gasteiger partial charge in [-0.1, -0.05) is 6.92 Å². The number of aryl methyl sites for hydroxylation is 1. The molecule has 2 nitrogen and oxygen atoms in total. The van der Waals surface area contributed by atoms with Crippen LogP contribution in [0, 0.1) is 0 Å². The van der Waals surface area contributed by atoms with Crippen molar-refractivity contribution in [3.8, 4) is 0 Å². The van der Waals surface area contributed by atoms with Crippen LogP contribution in [-0.4, -0.2) is 6.54 Å². The fourth-order valence-electron chi connectivity index (χ4n) is 1.70. The van der Waals surface area contributed by atoms with Crippen molar-refractivity contribution in [3.05, 3.63) is 23.7 Å². The normalized spacial score (nSPS) is 23.2. The van der Waals surface area contributed by atoms with Gasteiger partial charge in [0.2, 0.25) is 0 Å². The molecule has 0 aromatic carbocycles. The highest BCUT2D eigenvalue weighted by molar-refractivity contribution is 5.11. The van der Waals surface area contributed by atoms with Gasteiger partial charge in [0.15, 0.2) is 0 Å². The Bertz CT molecular complexity index is 248. The third-order valence-corrected chi connectivity index (χ3v) is 2.43. The Hall–Kier alpha value is -0.760. The molecule has 0 spiro atoms. The molecule has 1 aliphatic heterocycles. The van der Waals surface area contributed by atoms with E-state index >= 15 is 0 Å². The highest BCUT2D eigenvalue weighted by Gasteiger charge is 2.18. The van der Waals surface area contributed by atoms with Gasteiger partial charge in [-0.3, -0.25) is 0 Å². The summed E-state index contributed by atoms with van der Waals surface area (Å²) in [6, 6.07) is 4.65. The van der Waals surface area contributed by atoms with E-state index in [1.165, 1.54) is 12.8 Å². The molecule has 1 aromatic heterocycles. The van der Waals surface area contributed by atoms with E-state index in [1.807, 2.05) is 0 Å². The van der Waals surface area contributed by atoms with Gasteiger partial charge in [0, 0.05) is 6.42 Å². The number of furan rings is 1. The molecule has 66 valence electrons. The average molecular weight is 165 g/mol. The maximum Gasteiger partial charge on any atom is 0.121 e. The van der Waals surface area contributed by atoms with Crippen LogP contribution in [0.5, 0.6) is 0 Å². The summed E-state index contributed by atoms with van der Waals surface area (Å²) in [7, 11) is 0. The van der Waals surface area contributed by atoms with Crippen LogP contribution < -0.4 is 5.32 Å². The molecule has 2 heterocycles. The maximum absolute atomic E-state index is 5.65. The smallest absolute Gasteiger partial charge is 0.121 e. The van der Waals surface area contributed by atoms with Gasteiger partial charge in [-0.05, 0) is 31.5 Å². The molecular formula is C10H15NO. The van der Waals surface area contributed by atoms with Crippen LogP contribution in [0.4, 0.5) is 0 Å². The number of hydrogen-bond acceptors (Lipinski definition) is 2. The van der Waals surface area contributed by atoms with Crippen LogP contribution in [0.1, 0.15) is 37.3 Å². The third-order valence-electron chi connectivity index (χ3n) is 2.43. The van der Waals surface area contributed by atoms with Crippen molar-refractivity contribution >= 4 is 0 Å². The van der Waals surface area contributed by atoms with E-state index < -0.39 is 0 Å². The molecule has 0 amide bonds. The Morgan fingerprint density at radius 3 is 3.08 bits per heavy atom. The molecule has 1 aliphatic rings. The van der Waals surface area contributed by atoms with Gasteiger partial charge in [0.05, 0.1) is 6.04 Å². The summed E-state index contributed by atoms with van der Waals surface area (Å²) < 4.78 is 5.65. The van der Waals surface area contributed by atoms with Crippen LogP contribution >= 0.6 is 0 Å². The highest BCUT2D eigenvalue weighted by atomic mass is 16.3. The lowest BCUT2D eigenvalue weighted by Crippen LogP contribution is -2.11. The number of hydrogen-bond donors (Lipinski definition) is 1. The minimum absolute atomic E-state index is 0.477.